The van der Waals surface area contributed by atoms with Gasteiger partial charge in [0.15, 0.2) is 0 Å². The minimum atomic E-state index is 0. The largest absolute Gasteiger partial charge is 0.0776 e. The summed E-state index contributed by atoms with van der Waals surface area (Å²) in [6, 6.07) is 0. The molecule has 34 heavy (non-hydrogen) atoms. The molecule has 0 atom stereocenters. The summed E-state index contributed by atoms with van der Waals surface area (Å²) in [5.74, 6) is 0. The molecule has 0 aliphatic heterocycles. The van der Waals surface area contributed by atoms with Crippen LogP contribution in [0, 0.1) is 32.5 Å². The highest BCUT2D eigenvalue weighted by atomic mass is 14.5. The standard InChI is InChI=1S/C32H60.2CH4/c1-21(29(13,14)23(3)25(5)31(17,18)27(7,8)9)22(2)30(15,16)24(4)26(6)32(19,20)28(10,11)12;;/h1-20H3;2*1H4. The van der Waals surface area contributed by atoms with Gasteiger partial charge in [0.2, 0.25) is 0 Å². The van der Waals surface area contributed by atoms with Crippen molar-refractivity contribution in [3.05, 3.63) is 33.4 Å². The Kier molecular flexibility index (Phi) is 12.3. The molecule has 0 saturated carbocycles. The Bertz CT molecular complexity index is 716. The summed E-state index contributed by atoms with van der Waals surface area (Å²) in [5.41, 5.74) is 9.83. The van der Waals surface area contributed by atoms with Crippen LogP contribution >= 0.6 is 0 Å². The SMILES string of the molecule is C.C.CC(=C(C)C(C)(C)C(C)=C(C)C(C)(C)C(C)(C)C)C(C)(C)C(C)=C(C)C(C)(C)C(C)(C)C. The van der Waals surface area contributed by atoms with Crippen molar-refractivity contribution >= 4 is 0 Å². The Labute approximate surface area is 219 Å². The molecule has 0 aliphatic carbocycles. The molecule has 0 radical (unpaired) electrons. The van der Waals surface area contributed by atoms with Crippen LogP contribution in [0.5, 0.6) is 0 Å². The van der Waals surface area contributed by atoms with Crippen molar-refractivity contribution in [2.75, 3.05) is 0 Å². The van der Waals surface area contributed by atoms with Crippen LogP contribution in [0.4, 0.5) is 0 Å². The zero-order valence-corrected chi connectivity index (χ0v) is 26.0. The number of hydrogen-bond acceptors (Lipinski definition) is 0. The predicted octanol–water partition coefficient (Wildman–Crippen LogP) is 12.5. The fraction of sp³-hybridized carbons (Fsp3) is 0.824. The quantitative estimate of drug-likeness (QED) is 0.334. The van der Waals surface area contributed by atoms with E-state index in [-0.39, 0.29) is 47.3 Å². The van der Waals surface area contributed by atoms with Gasteiger partial charge in [-0.05, 0) is 63.2 Å². The van der Waals surface area contributed by atoms with Crippen molar-refractivity contribution in [2.45, 2.75) is 153 Å². The summed E-state index contributed by atoms with van der Waals surface area (Å²) >= 11 is 0. The van der Waals surface area contributed by atoms with Gasteiger partial charge in [0, 0.05) is 10.8 Å². The van der Waals surface area contributed by atoms with Crippen molar-refractivity contribution in [3.63, 3.8) is 0 Å². The summed E-state index contributed by atoms with van der Waals surface area (Å²) in [6.07, 6.45) is 0. The molecule has 0 aromatic carbocycles. The average molecular weight is 477 g/mol. The highest BCUT2D eigenvalue weighted by molar-refractivity contribution is 5.39. The Morgan fingerprint density at radius 3 is 0.588 bits per heavy atom. The Morgan fingerprint density at radius 1 is 0.294 bits per heavy atom. The van der Waals surface area contributed by atoms with E-state index < -0.39 is 0 Å². The lowest BCUT2D eigenvalue weighted by atomic mass is 9.60. The molecule has 0 spiro atoms. The molecule has 0 aliphatic rings. The van der Waals surface area contributed by atoms with E-state index in [1.807, 2.05) is 0 Å². The summed E-state index contributed by atoms with van der Waals surface area (Å²) in [5, 5.41) is 0. The van der Waals surface area contributed by atoms with Gasteiger partial charge < -0.3 is 0 Å². The van der Waals surface area contributed by atoms with Crippen LogP contribution in [0.2, 0.25) is 0 Å². The third kappa shape index (κ3) is 6.70. The van der Waals surface area contributed by atoms with E-state index in [1.165, 1.54) is 33.4 Å². The van der Waals surface area contributed by atoms with Gasteiger partial charge in [-0.2, -0.15) is 0 Å². The maximum atomic E-state index is 2.42. The third-order valence-electron chi connectivity index (χ3n) is 11.1. The van der Waals surface area contributed by atoms with Crippen molar-refractivity contribution in [3.8, 4) is 0 Å². The summed E-state index contributed by atoms with van der Waals surface area (Å²) in [7, 11) is 0. The summed E-state index contributed by atoms with van der Waals surface area (Å²) in [4.78, 5) is 0. The molecular weight excluding hydrogens is 408 g/mol. The predicted molar refractivity (Wildman–Crippen MR) is 163 cm³/mol. The van der Waals surface area contributed by atoms with E-state index in [2.05, 4.69) is 138 Å². The van der Waals surface area contributed by atoms with Crippen LogP contribution in [-0.4, -0.2) is 0 Å². The molecule has 0 heterocycles. The normalized spacial score (nSPS) is 16.6. The highest BCUT2D eigenvalue weighted by Gasteiger charge is 2.40. The monoisotopic (exact) mass is 477 g/mol. The van der Waals surface area contributed by atoms with E-state index in [0.717, 1.165) is 0 Å². The molecule has 0 nitrogen and oxygen atoms in total. The van der Waals surface area contributed by atoms with Crippen LogP contribution in [0.3, 0.4) is 0 Å². The molecule has 0 saturated heterocycles. The smallest absolute Gasteiger partial charge is 0.00641 e. The lowest BCUT2D eigenvalue weighted by Gasteiger charge is -2.45. The van der Waals surface area contributed by atoms with E-state index in [0.29, 0.717) is 0 Å². The zero-order valence-electron chi connectivity index (χ0n) is 26.0. The zero-order chi connectivity index (χ0) is 26.5. The molecule has 0 rings (SSSR count). The first kappa shape index (κ1) is 37.8. The van der Waals surface area contributed by atoms with Crippen molar-refractivity contribution in [1.82, 2.24) is 0 Å². The lowest BCUT2D eigenvalue weighted by Crippen LogP contribution is -2.34. The number of allylic oxidation sites excluding steroid dienone is 6. The lowest BCUT2D eigenvalue weighted by molar-refractivity contribution is 0.173. The molecule has 0 N–H and O–H groups in total. The van der Waals surface area contributed by atoms with Gasteiger partial charge in [-0.1, -0.05) is 145 Å². The molecule has 0 bridgehead atoms. The maximum Gasteiger partial charge on any atom is 0.00641 e. The fourth-order valence-electron chi connectivity index (χ4n) is 4.50. The second kappa shape index (κ2) is 11.1. The minimum Gasteiger partial charge on any atom is -0.0776 e. The average Bonchev–Trinajstić information content (AvgIpc) is 2.61. The van der Waals surface area contributed by atoms with Gasteiger partial charge in [0.25, 0.3) is 0 Å². The Morgan fingerprint density at radius 2 is 0.441 bits per heavy atom. The van der Waals surface area contributed by atoms with Crippen LogP contribution < -0.4 is 0 Å². The third-order valence-corrected chi connectivity index (χ3v) is 11.1. The van der Waals surface area contributed by atoms with Crippen LogP contribution in [-0.2, 0) is 0 Å². The van der Waals surface area contributed by atoms with Crippen molar-refractivity contribution in [2.24, 2.45) is 32.5 Å². The first-order chi connectivity index (χ1) is 13.7. The van der Waals surface area contributed by atoms with Gasteiger partial charge in [-0.15, -0.1) is 0 Å². The Balaban J connectivity index is -0.00000480. The molecule has 0 aromatic rings. The van der Waals surface area contributed by atoms with E-state index >= 15 is 0 Å². The molecule has 0 unspecified atom stereocenters. The topological polar surface area (TPSA) is 0 Å². The molecule has 0 amide bonds. The molecule has 0 fully saturated rings. The highest BCUT2D eigenvalue weighted by Crippen LogP contribution is 2.52. The fourth-order valence-corrected chi connectivity index (χ4v) is 4.50. The minimum absolute atomic E-state index is 0. The second-order valence-electron chi connectivity index (χ2n) is 14.8. The Hall–Kier alpha value is -0.780. The van der Waals surface area contributed by atoms with Crippen LogP contribution in [0.1, 0.15) is 153 Å². The van der Waals surface area contributed by atoms with Crippen LogP contribution in [0.25, 0.3) is 0 Å². The number of rotatable bonds is 6. The van der Waals surface area contributed by atoms with Gasteiger partial charge in [-0.25, -0.2) is 0 Å². The molecule has 204 valence electrons. The van der Waals surface area contributed by atoms with Gasteiger partial charge >= 0.3 is 0 Å². The first-order valence-corrected chi connectivity index (χ1v) is 12.8. The van der Waals surface area contributed by atoms with Crippen LogP contribution in [0.15, 0.2) is 33.4 Å². The molecule has 0 aromatic heterocycles. The maximum absolute atomic E-state index is 2.42. The van der Waals surface area contributed by atoms with E-state index in [4.69, 9.17) is 0 Å². The molecule has 0 heteroatoms. The van der Waals surface area contributed by atoms with Gasteiger partial charge in [0.1, 0.15) is 0 Å². The van der Waals surface area contributed by atoms with E-state index in [1.54, 1.807) is 0 Å². The van der Waals surface area contributed by atoms with Crippen molar-refractivity contribution in [1.29, 1.82) is 0 Å². The number of hydrogen-bond donors (Lipinski definition) is 0. The summed E-state index contributed by atoms with van der Waals surface area (Å²) < 4.78 is 0. The van der Waals surface area contributed by atoms with Gasteiger partial charge in [0.05, 0.1) is 0 Å². The van der Waals surface area contributed by atoms with Crippen molar-refractivity contribution < 1.29 is 0 Å². The second-order valence-corrected chi connectivity index (χ2v) is 14.8. The summed E-state index contributed by atoms with van der Waals surface area (Å²) in [6.45, 7) is 47.7. The van der Waals surface area contributed by atoms with Gasteiger partial charge in [-0.3, -0.25) is 0 Å². The first-order valence-electron chi connectivity index (χ1n) is 12.8. The van der Waals surface area contributed by atoms with E-state index in [9.17, 15) is 0 Å². The molecular formula is C34H68.